The van der Waals surface area contributed by atoms with Crippen LogP contribution in [0.3, 0.4) is 0 Å². The first-order valence-corrected chi connectivity index (χ1v) is 4.78. The van der Waals surface area contributed by atoms with E-state index in [9.17, 15) is 4.79 Å². The molecule has 1 rings (SSSR count). The Morgan fingerprint density at radius 3 is 2.77 bits per heavy atom. The number of hydrogen-bond acceptors (Lipinski definition) is 3. The zero-order chi connectivity index (χ0) is 9.68. The molecule has 1 aliphatic heterocycles. The van der Waals surface area contributed by atoms with E-state index >= 15 is 0 Å². The van der Waals surface area contributed by atoms with E-state index in [4.69, 9.17) is 10.5 Å². The van der Waals surface area contributed by atoms with Gasteiger partial charge in [-0.1, -0.05) is 0 Å². The molecule has 1 heterocycles. The van der Waals surface area contributed by atoms with Crippen LogP contribution in [-0.2, 0) is 9.53 Å². The van der Waals surface area contributed by atoms with Gasteiger partial charge in [0.1, 0.15) is 0 Å². The molecule has 1 amide bonds. The Labute approximate surface area is 78.8 Å². The molecule has 13 heavy (non-hydrogen) atoms. The molecule has 0 aromatic heterocycles. The van der Waals surface area contributed by atoms with Crippen molar-refractivity contribution >= 4 is 5.91 Å². The van der Waals surface area contributed by atoms with E-state index in [0.717, 1.165) is 26.1 Å². The number of rotatable bonds is 3. The fourth-order valence-corrected chi connectivity index (χ4v) is 1.63. The average Bonchev–Trinajstić information content (AvgIpc) is 2.19. The van der Waals surface area contributed by atoms with Crippen LogP contribution in [0.2, 0.25) is 0 Å². The van der Waals surface area contributed by atoms with Gasteiger partial charge in [-0.3, -0.25) is 4.79 Å². The molecule has 3 N–H and O–H groups in total. The van der Waals surface area contributed by atoms with Crippen molar-refractivity contribution in [3.63, 3.8) is 0 Å². The summed E-state index contributed by atoms with van der Waals surface area (Å²) >= 11 is 0. The van der Waals surface area contributed by atoms with E-state index in [1.807, 2.05) is 0 Å². The van der Waals surface area contributed by atoms with Crippen LogP contribution in [0.4, 0.5) is 0 Å². The van der Waals surface area contributed by atoms with Crippen LogP contribution in [0.15, 0.2) is 0 Å². The van der Waals surface area contributed by atoms with Crippen molar-refractivity contribution in [1.29, 1.82) is 0 Å². The molecule has 0 radical (unpaired) electrons. The largest absolute Gasteiger partial charge is 0.381 e. The van der Waals surface area contributed by atoms with E-state index in [2.05, 4.69) is 5.32 Å². The molecule has 1 aliphatic rings. The van der Waals surface area contributed by atoms with E-state index in [1.54, 1.807) is 7.05 Å². The Kier molecular flexibility index (Phi) is 4.18. The first kappa shape index (κ1) is 10.5. The van der Waals surface area contributed by atoms with Gasteiger partial charge in [-0.2, -0.15) is 0 Å². The maximum atomic E-state index is 11.0. The summed E-state index contributed by atoms with van der Waals surface area (Å²) < 4.78 is 5.23. The number of amides is 1. The van der Waals surface area contributed by atoms with Gasteiger partial charge in [0.05, 0.1) is 0 Å². The van der Waals surface area contributed by atoms with Crippen LogP contribution in [0.25, 0.3) is 0 Å². The van der Waals surface area contributed by atoms with Crippen LogP contribution in [0.1, 0.15) is 19.3 Å². The summed E-state index contributed by atoms with van der Waals surface area (Å²) in [6, 6.07) is -0.0103. The van der Waals surface area contributed by atoms with Gasteiger partial charge in [0.2, 0.25) is 5.91 Å². The molecule has 0 aromatic rings. The molecular weight excluding hydrogens is 168 g/mol. The molecule has 76 valence electrons. The number of nitrogens with one attached hydrogen (secondary N) is 1. The van der Waals surface area contributed by atoms with Crippen molar-refractivity contribution in [3.05, 3.63) is 0 Å². The molecule has 0 spiro atoms. The Hall–Kier alpha value is -0.610. The Morgan fingerprint density at radius 1 is 1.62 bits per heavy atom. The highest BCUT2D eigenvalue weighted by Crippen LogP contribution is 2.19. The maximum Gasteiger partial charge on any atom is 0.221 e. The molecule has 4 heteroatoms. The highest BCUT2D eigenvalue weighted by Gasteiger charge is 2.22. The van der Waals surface area contributed by atoms with Gasteiger partial charge in [0, 0.05) is 32.7 Å². The molecule has 0 bridgehead atoms. The molecule has 1 fully saturated rings. The van der Waals surface area contributed by atoms with Gasteiger partial charge < -0.3 is 15.8 Å². The Bertz CT molecular complexity index is 167. The molecule has 4 nitrogen and oxygen atoms in total. The highest BCUT2D eigenvalue weighted by atomic mass is 16.5. The third kappa shape index (κ3) is 3.32. The topological polar surface area (TPSA) is 64.4 Å². The van der Waals surface area contributed by atoms with Crippen LogP contribution in [0, 0.1) is 5.92 Å². The molecule has 1 unspecified atom stereocenters. The maximum absolute atomic E-state index is 11.0. The lowest BCUT2D eigenvalue weighted by atomic mass is 9.90. The number of hydrogen-bond donors (Lipinski definition) is 2. The second-order valence-corrected chi connectivity index (χ2v) is 3.49. The summed E-state index contributed by atoms with van der Waals surface area (Å²) in [7, 11) is 1.64. The SMILES string of the molecule is CNC(=O)CC(N)C1CCOCC1. The summed E-state index contributed by atoms with van der Waals surface area (Å²) in [5, 5.41) is 2.58. The lowest BCUT2D eigenvalue weighted by Crippen LogP contribution is -2.38. The van der Waals surface area contributed by atoms with Gasteiger partial charge >= 0.3 is 0 Å². The average molecular weight is 186 g/mol. The normalized spacial score (nSPS) is 21.1. The summed E-state index contributed by atoms with van der Waals surface area (Å²) in [4.78, 5) is 11.0. The van der Waals surface area contributed by atoms with E-state index in [1.165, 1.54) is 0 Å². The minimum absolute atomic E-state index is 0.0103. The Morgan fingerprint density at radius 2 is 2.23 bits per heavy atom. The van der Waals surface area contributed by atoms with Gasteiger partial charge in [0.25, 0.3) is 0 Å². The predicted octanol–water partition coefficient (Wildman–Crippen LogP) is -0.124. The summed E-state index contributed by atoms with van der Waals surface area (Å²) in [6.45, 7) is 1.57. The third-order valence-electron chi connectivity index (χ3n) is 2.57. The van der Waals surface area contributed by atoms with Gasteiger partial charge in [0.15, 0.2) is 0 Å². The Balaban J connectivity index is 2.28. The second-order valence-electron chi connectivity index (χ2n) is 3.49. The van der Waals surface area contributed by atoms with E-state index in [0.29, 0.717) is 12.3 Å². The summed E-state index contributed by atoms with van der Waals surface area (Å²) in [5.74, 6) is 0.477. The zero-order valence-electron chi connectivity index (χ0n) is 8.08. The molecular formula is C9H18N2O2. The quantitative estimate of drug-likeness (QED) is 0.645. The fourth-order valence-electron chi connectivity index (χ4n) is 1.63. The lowest BCUT2D eigenvalue weighted by molar-refractivity contribution is -0.121. The van der Waals surface area contributed by atoms with Gasteiger partial charge in [-0.25, -0.2) is 0 Å². The summed E-state index contributed by atoms with van der Waals surface area (Å²) in [6.07, 6.45) is 2.40. The van der Waals surface area contributed by atoms with Crippen molar-refractivity contribution < 1.29 is 9.53 Å². The molecule has 0 aromatic carbocycles. The number of carbonyl (C=O) groups is 1. The monoisotopic (exact) mass is 186 g/mol. The zero-order valence-corrected chi connectivity index (χ0v) is 8.08. The van der Waals surface area contributed by atoms with Crippen molar-refractivity contribution in [2.45, 2.75) is 25.3 Å². The van der Waals surface area contributed by atoms with Gasteiger partial charge in [-0.05, 0) is 18.8 Å². The number of carbonyl (C=O) groups excluding carboxylic acids is 1. The van der Waals surface area contributed by atoms with Crippen LogP contribution < -0.4 is 11.1 Å². The van der Waals surface area contributed by atoms with E-state index in [-0.39, 0.29) is 11.9 Å². The number of nitrogens with two attached hydrogens (primary N) is 1. The van der Waals surface area contributed by atoms with Gasteiger partial charge in [-0.15, -0.1) is 0 Å². The van der Waals surface area contributed by atoms with Crippen LogP contribution >= 0.6 is 0 Å². The third-order valence-corrected chi connectivity index (χ3v) is 2.57. The highest BCUT2D eigenvalue weighted by molar-refractivity contribution is 5.76. The number of ether oxygens (including phenoxy) is 1. The standard InChI is InChI=1S/C9H18N2O2/c1-11-9(12)6-8(10)7-2-4-13-5-3-7/h7-8H,2-6,10H2,1H3,(H,11,12). The summed E-state index contributed by atoms with van der Waals surface area (Å²) in [5.41, 5.74) is 5.91. The predicted molar refractivity (Wildman–Crippen MR) is 50.2 cm³/mol. The second kappa shape index (κ2) is 5.19. The first-order valence-electron chi connectivity index (χ1n) is 4.78. The minimum atomic E-state index is -0.0103. The smallest absolute Gasteiger partial charge is 0.221 e. The van der Waals surface area contributed by atoms with Crippen molar-refractivity contribution in [1.82, 2.24) is 5.32 Å². The lowest BCUT2D eigenvalue weighted by Gasteiger charge is -2.26. The van der Waals surface area contributed by atoms with Crippen LogP contribution in [-0.4, -0.2) is 32.2 Å². The van der Waals surface area contributed by atoms with Crippen molar-refractivity contribution in [3.8, 4) is 0 Å². The van der Waals surface area contributed by atoms with Crippen molar-refractivity contribution in [2.24, 2.45) is 11.7 Å². The van der Waals surface area contributed by atoms with Crippen LogP contribution in [0.5, 0.6) is 0 Å². The molecule has 1 atom stereocenters. The minimum Gasteiger partial charge on any atom is -0.381 e. The van der Waals surface area contributed by atoms with E-state index < -0.39 is 0 Å². The van der Waals surface area contributed by atoms with Crippen molar-refractivity contribution in [2.75, 3.05) is 20.3 Å². The first-order chi connectivity index (χ1) is 6.24. The molecule has 0 saturated carbocycles. The fraction of sp³-hybridized carbons (Fsp3) is 0.889. The molecule has 1 saturated heterocycles. The molecule has 0 aliphatic carbocycles.